The second-order valence-electron chi connectivity index (χ2n) is 21.5. The summed E-state index contributed by atoms with van der Waals surface area (Å²) in [5, 5.41) is 1.98. The number of benzene rings is 8. The number of hydrogen-bond donors (Lipinski definition) is 0. The van der Waals surface area contributed by atoms with Gasteiger partial charge in [0.15, 0.2) is 0 Å². The maximum atomic E-state index is 16.4. The molecule has 0 unspecified atom stereocenters. The van der Waals surface area contributed by atoms with E-state index in [1.807, 2.05) is 92.5 Å². The van der Waals surface area contributed by atoms with Gasteiger partial charge in [0.05, 0.1) is 11.1 Å². The molecule has 2 aromatic heterocycles. The Morgan fingerprint density at radius 3 is 1.68 bits per heavy atom. The summed E-state index contributed by atoms with van der Waals surface area (Å²) in [6.07, 6.45) is 3.28. The molecule has 398 valence electrons. The number of nitrogens with zero attached hydrogens (tertiary/aromatic N) is 4. The zero-order chi connectivity index (χ0) is 54.2. The summed E-state index contributed by atoms with van der Waals surface area (Å²) in [6.45, 7) is 17.9. The molecule has 0 radical (unpaired) electrons. The minimum absolute atomic E-state index is 0. The van der Waals surface area contributed by atoms with Crippen molar-refractivity contribution in [3.05, 3.63) is 222 Å². The zero-order valence-corrected chi connectivity index (χ0v) is 46.4. The van der Waals surface area contributed by atoms with Crippen LogP contribution in [-0.2, 0) is 44.7 Å². The first-order valence-electron chi connectivity index (χ1n) is 25.6. The molecule has 0 aliphatic carbocycles. The van der Waals surface area contributed by atoms with Crippen LogP contribution in [0, 0.1) is 53.7 Å². The first-order valence-corrected chi connectivity index (χ1v) is 25.6. The average molecular weight is 1230 g/mol. The van der Waals surface area contributed by atoms with Gasteiger partial charge in [-0.1, -0.05) is 109 Å². The van der Waals surface area contributed by atoms with E-state index in [1.54, 1.807) is 35.8 Å². The fourth-order valence-corrected chi connectivity index (χ4v) is 10.6. The zero-order valence-electron chi connectivity index (χ0n) is 44.1. The molecule has 0 spiro atoms. The van der Waals surface area contributed by atoms with Gasteiger partial charge in [-0.3, -0.25) is 0 Å². The standard InChI is InChI=1S/C66H53F6N4O.Pt/c1-9-38-16-15-17-39(10-2)61(38)40-26-45(35-47(27-40)77-46-22-23-49-48-18-11-12-19-56(48)76(59(49)36-46)60-30-41(24-25-73-60)65(3,4)5)74-37-75(58-21-14-13-20-57(58)74)64-50(62-52(69)31-43(67)32-53(62)70)28-42(66(6,7)8)29-51(64)63-54(71)33-44(68)34-55(63)72;/h11-34,37H,9-10H2,1-8H3;/q-3;. The van der Waals surface area contributed by atoms with Gasteiger partial charge in [0.25, 0.3) is 0 Å². The number of halogens is 6. The maximum Gasteiger partial charge on any atom is 0.136 e. The van der Waals surface area contributed by atoms with E-state index in [4.69, 9.17) is 9.72 Å². The Labute approximate surface area is 465 Å². The Hall–Kier alpha value is -7.62. The monoisotopic (exact) mass is 1230 g/mol. The van der Waals surface area contributed by atoms with E-state index in [1.165, 1.54) is 0 Å². The van der Waals surface area contributed by atoms with Crippen molar-refractivity contribution >= 4 is 44.6 Å². The number of hydrogen-bond acceptors (Lipinski definition) is 4. The number of ether oxygens (including phenoxy) is 1. The molecule has 0 fully saturated rings. The van der Waals surface area contributed by atoms with Crippen LogP contribution < -0.4 is 14.5 Å². The Morgan fingerprint density at radius 2 is 1.10 bits per heavy atom. The molecule has 10 aromatic rings. The van der Waals surface area contributed by atoms with E-state index in [-0.39, 0.29) is 43.3 Å². The Morgan fingerprint density at radius 1 is 0.538 bits per heavy atom. The van der Waals surface area contributed by atoms with E-state index in [9.17, 15) is 8.78 Å². The number of anilines is 4. The number of pyridine rings is 1. The molecule has 0 saturated heterocycles. The normalized spacial score (nSPS) is 12.6. The number of fused-ring (bicyclic) bond motifs is 4. The summed E-state index contributed by atoms with van der Waals surface area (Å²) in [6, 6.07) is 46.0. The molecular formula is C66H53F6N4OPt-3. The van der Waals surface area contributed by atoms with Crippen molar-refractivity contribution in [3.63, 3.8) is 0 Å². The molecule has 78 heavy (non-hydrogen) atoms. The third kappa shape index (κ3) is 9.65. The quantitative estimate of drug-likeness (QED) is 0.101. The van der Waals surface area contributed by atoms with Gasteiger partial charge >= 0.3 is 0 Å². The summed E-state index contributed by atoms with van der Waals surface area (Å²) in [5.74, 6) is -5.77. The molecular weight excluding hydrogens is 1170 g/mol. The van der Waals surface area contributed by atoms with Crippen molar-refractivity contribution in [2.24, 2.45) is 0 Å². The van der Waals surface area contributed by atoms with Gasteiger partial charge in [-0.05, 0) is 99.3 Å². The van der Waals surface area contributed by atoms with Crippen LogP contribution in [0.25, 0.3) is 61.0 Å². The fourth-order valence-electron chi connectivity index (χ4n) is 10.6. The summed E-state index contributed by atoms with van der Waals surface area (Å²) >= 11 is 0. The van der Waals surface area contributed by atoms with Crippen LogP contribution in [0.2, 0.25) is 0 Å². The van der Waals surface area contributed by atoms with Crippen molar-refractivity contribution in [1.82, 2.24) is 9.55 Å². The van der Waals surface area contributed by atoms with Crippen LogP contribution in [0.3, 0.4) is 0 Å². The van der Waals surface area contributed by atoms with Crippen LogP contribution in [0.1, 0.15) is 77.6 Å². The largest absolute Gasteiger partial charge is 0.509 e. The van der Waals surface area contributed by atoms with Crippen molar-refractivity contribution in [3.8, 4) is 50.7 Å². The van der Waals surface area contributed by atoms with Crippen LogP contribution >= 0.6 is 0 Å². The van der Waals surface area contributed by atoms with E-state index in [2.05, 4.69) is 81.7 Å². The SMILES string of the molecule is CCc1cccc(CC)c1-c1cc(Oc2[c-]c3c(cc2)c2ccccc2n3-c2cc(C(C)(C)C)ccn2)[c-]c(N2[CH-]N(c3c(-c4c(F)cc(F)cc4F)cc(C(C)(C)C)cc3-c3c(F)cc(F)cc3F)c3ccccc32)c1.[Pt]. The summed E-state index contributed by atoms with van der Waals surface area (Å²) in [7, 11) is 0. The molecule has 0 atom stereocenters. The summed E-state index contributed by atoms with van der Waals surface area (Å²) in [4.78, 5) is 8.27. The molecule has 0 amide bonds. The molecule has 1 aliphatic heterocycles. The van der Waals surface area contributed by atoms with E-state index >= 15 is 17.6 Å². The Bertz CT molecular complexity index is 3840. The van der Waals surface area contributed by atoms with Gasteiger partial charge in [-0.2, -0.15) is 6.07 Å². The number of rotatable bonds is 10. The van der Waals surface area contributed by atoms with Gasteiger partial charge in [-0.15, -0.1) is 53.6 Å². The predicted molar refractivity (Wildman–Crippen MR) is 296 cm³/mol. The molecule has 5 nitrogen and oxygen atoms in total. The fraction of sp³-hybridized carbons (Fsp3) is 0.182. The van der Waals surface area contributed by atoms with Crippen molar-refractivity contribution in [1.29, 1.82) is 0 Å². The molecule has 1 aliphatic rings. The molecule has 0 bridgehead atoms. The number of aryl methyl sites for hydroxylation is 2. The van der Waals surface area contributed by atoms with Crippen molar-refractivity contribution < 1.29 is 52.1 Å². The average Bonchev–Trinajstić information content (AvgIpc) is 3.93. The molecule has 8 aromatic carbocycles. The van der Waals surface area contributed by atoms with E-state index in [0.29, 0.717) is 58.4 Å². The smallest absolute Gasteiger partial charge is 0.136 e. The first kappa shape index (κ1) is 53.8. The number of para-hydroxylation sites is 3. The van der Waals surface area contributed by atoms with Crippen LogP contribution in [0.4, 0.5) is 49.1 Å². The molecule has 0 saturated carbocycles. The number of aromatic nitrogens is 2. The third-order valence-corrected chi connectivity index (χ3v) is 14.4. The van der Waals surface area contributed by atoms with Gasteiger partial charge in [0, 0.05) is 96.7 Å². The van der Waals surface area contributed by atoms with Crippen LogP contribution in [-0.4, -0.2) is 9.55 Å². The first-order chi connectivity index (χ1) is 36.8. The van der Waals surface area contributed by atoms with Crippen molar-refractivity contribution in [2.45, 2.75) is 79.1 Å². The molecule has 12 heteroatoms. The van der Waals surface area contributed by atoms with E-state index < -0.39 is 51.4 Å². The minimum atomic E-state index is -1.24. The van der Waals surface area contributed by atoms with Crippen LogP contribution in [0.5, 0.6) is 11.5 Å². The second-order valence-corrected chi connectivity index (χ2v) is 21.5. The maximum absolute atomic E-state index is 16.4. The summed E-state index contributed by atoms with van der Waals surface area (Å²) in [5.41, 5.74) is 6.32. The van der Waals surface area contributed by atoms with Gasteiger partial charge in [0.2, 0.25) is 0 Å². The Balaban J connectivity index is 0.00000688. The predicted octanol–water partition coefficient (Wildman–Crippen LogP) is 18.5. The third-order valence-electron chi connectivity index (χ3n) is 14.4. The molecule has 0 N–H and O–H groups in total. The van der Waals surface area contributed by atoms with Crippen molar-refractivity contribution in [2.75, 3.05) is 9.80 Å². The molecule has 11 rings (SSSR count). The second kappa shape index (κ2) is 20.6. The minimum Gasteiger partial charge on any atom is -0.509 e. The van der Waals surface area contributed by atoms with Crippen LogP contribution in [0.15, 0.2) is 146 Å². The Kier molecular flexibility index (Phi) is 14.2. The van der Waals surface area contributed by atoms with E-state index in [0.717, 1.165) is 68.3 Å². The molecule has 3 heterocycles. The van der Waals surface area contributed by atoms with Gasteiger partial charge in [0.1, 0.15) is 40.7 Å². The van der Waals surface area contributed by atoms with Gasteiger partial charge < -0.3 is 19.1 Å². The topological polar surface area (TPSA) is 33.5 Å². The summed E-state index contributed by atoms with van der Waals surface area (Å²) < 4.78 is 104. The van der Waals surface area contributed by atoms with Gasteiger partial charge in [-0.25, -0.2) is 31.3 Å².